The molecule has 0 bridgehead atoms. The number of carbonyl (C=O) groups excluding carboxylic acids is 1. The molecule has 12 nitrogen and oxygen atoms in total. The topological polar surface area (TPSA) is 158 Å². The van der Waals surface area contributed by atoms with Crippen LogP contribution in [0.1, 0.15) is 17.3 Å². The third-order valence-corrected chi connectivity index (χ3v) is 5.15. The summed E-state index contributed by atoms with van der Waals surface area (Å²) in [6, 6.07) is 6.48. The van der Waals surface area contributed by atoms with E-state index in [0.29, 0.717) is 11.5 Å². The van der Waals surface area contributed by atoms with Gasteiger partial charge in [-0.05, 0) is 11.6 Å². The Morgan fingerprint density at radius 1 is 1.10 bits per heavy atom. The highest BCUT2D eigenvalue weighted by atomic mass is 32.2. The van der Waals surface area contributed by atoms with E-state index in [-0.39, 0.29) is 34.9 Å². The molecule has 0 aliphatic rings. The van der Waals surface area contributed by atoms with Gasteiger partial charge in [0.15, 0.2) is 0 Å². The smallest absolute Gasteiger partial charge is 0.335 e. The molecule has 1 aromatic carbocycles. The van der Waals surface area contributed by atoms with Crippen molar-refractivity contribution in [2.24, 2.45) is 0 Å². The number of methoxy groups -OCH3 is 2. The summed E-state index contributed by atoms with van der Waals surface area (Å²) < 4.78 is 42.7. The van der Waals surface area contributed by atoms with Gasteiger partial charge in [0.2, 0.25) is 29.5 Å². The van der Waals surface area contributed by atoms with Gasteiger partial charge in [-0.25, -0.2) is 17.9 Å². The number of urea groups is 1. The van der Waals surface area contributed by atoms with Crippen molar-refractivity contribution in [2.45, 2.75) is 18.2 Å². The lowest BCUT2D eigenvalue weighted by Gasteiger charge is -2.11. The third kappa shape index (κ3) is 5.00. The Morgan fingerprint density at radius 2 is 1.77 bits per heavy atom. The maximum absolute atomic E-state index is 12.8. The second-order valence-corrected chi connectivity index (χ2v) is 7.49. The Labute approximate surface area is 171 Å². The molecule has 0 saturated carbocycles. The minimum absolute atomic E-state index is 0.0791. The number of ether oxygens (including phenoxy) is 2. The molecule has 0 saturated heterocycles. The van der Waals surface area contributed by atoms with Gasteiger partial charge in [-0.3, -0.25) is 5.32 Å². The Bertz CT molecular complexity index is 1140. The fourth-order valence-corrected chi connectivity index (χ4v) is 3.61. The summed E-state index contributed by atoms with van der Waals surface area (Å²) in [7, 11) is -1.48. The van der Waals surface area contributed by atoms with E-state index in [0.717, 1.165) is 0 Å². The van der Waals surface area contributed by atoms with Crippen molar-refractivity contribution in [3.05, 3.63) is 47.7 Å². The molecule has 0 unspecified atom stereocenters. The fraction of sp³-hybridized carbons (Fsp3) is 0.235. The van der Waals surface area contributed by atoms with E-state index in [1.54, 1.807) is 19.1 Å². The molecule has 0 radical (unpaired) electrons. The Kier molecular flexibility index (Phi) is 6.11. The van der Waals surface area contributed by atoms with Crippen LogP contribution in [-0.4, -0.2) is 48.8 Å². The second-order valence-electron chi connectivity index (χ2n) is 5.84. The number of nitrogens with one attached hydrogen (secondary N) is 2. The number of sulfonamides is 1. The Hall–Kier alpha value is -3.74. The average Bonchev–Trinajstić information content (AvgIpc) is 3.12. The summed E-state index contributed by atoms with van der Waals surface area (Å²) in [5.41, 5.74) is 0.376. The van der Waals surface area contributed by atoms with Gasteiger partial charge in [0.25, 0.3) is 10.0 Å². The Morgan fingerprint density at radius 3 is 2.37 bits per heavy atom. The van der Waals surface area contributed by atoms with E-state index in [9.17, 15) is 13.2 Å². The van der Waals surface area contributed by atoms with E-state index in [4.69, 9.17) is 13.9 Å². The van der Waals surface area contributed by atoms with Gasteiger partial charge in [-0.2, -0.15) is 9.97 Å². The van der Waals surface area contributed by atoms with Gasteiger partial charge in [0.1, 0.15) is 0 Å². The minimum atomic E-state index is -4.22. The van der Waals surface area contributed by atoms with Crippen LogP contribution in [0.15, 0.2) is 39.6 Å². The highest BCUT2D eigenvalue weighted by Gasteiger charge is 2.23. The zero-order valence-electron chi connectivity index (χ0n) is 16.2. The van der Waals surface area contributed by atoms with Crippen LogP contribution in [0.2, 0.25) is 0 Å². The summed E-state index contributed by atoms with van der Waals surface area (Å²) in [6.07, 6.45) is 0.0791. The number of hydrogen-bond donors (Lipinski definition) is 2. The third-order valence-electron chi connectivity index (χ3n) is 3.72. The fourth-order valence-electron chi connectivity index (χ4n) is 2.46. The molecule has 0 aliphatic heterocycles. The number of anilines is 1. The predicted octanol–water partition coefficient (Wildman–Crippen LogP) is 1.29. The monoisotopic (exact) mass is 434 g/mol. The number of aromatic nitrogens is 4. The van der Waals surface area contributed by atoms with Gasteiger partial charge >= 0.3 is 6.03 Å². The maximum atomic E-state index is 12.8. The van der Waals surface area contributed by atoms with Gasteiger partial charge < -0.3 is 13.9 Å². The van der Waals surface area contributed by atoms with Crippen LogP contribution in [-0.2, 0) is 16.4 Å². The largest absolute Gasteiger partial charge is 0.481 e. The van der Waals surface area contributed by atoms with Crippen molar-refractivity contribution in [3.8, 4) is 11.8 Å². The van der Waals surface area contributed by atoms with Crippen molar-refractivity contribution < 1.29 is 27.1 Å². The first-order valence-corrected chi connectivity index (χ1v) is 9.97. The van der Waals surface area contributed by atoms with E-state index >= 15 is 0 Å². The van der Waals surface area contributed by atoms with E-state index in [1.165, 1.54) is 32.4 Å². The predicted molar refractivity (Wildman–Crippen MR) is 103 cm³/mol. The van der Waals surface area contributed by atoms with Crippen LogP contribution in [0.5, 0.6) is 11.8 Å². The van der Waals surface area contributed by atoms with Crippen LogP contribution < -0.4 is 19.5 Å². The molecular weight excluding hydrogens is 416 g/mol. The van der Waals surface area contributed by atoms with Crippen LogP contribution in [0.25, 0.3) is 0 Å². The molecule has 0 aliphatic carbocycles. The number of rotatable bonds is 7. The molecule has 3 rings (SSSR count). The summed E-state index contributed by atoms with van der Waals surface area (Å²) in [5, 5.41) is 9.82. The zero-order valence-corrected chi connectivity index (χ0v) is 17.1. The normalized spacial score (nSPS) is 11.0. The summed E-state index contributed by atoms with van der Waals surface area (Å²) in [6.45, 7) is 1.63. The number of aryl methyl sites for hydroxylation is 1. The molecule has 158 valence electrons. The quantitative estimate of drug-likeness (QED) is 0.555. The molecular formula is C17H18N6O6S. The number of nitrogens with zero attached hydrogens (tertiary/aromatic N) is 4. The van der Waals surface area contributed by atoms with Crippen LogP contribution in [0.3, 0.4) is 0 Å². The average molecular weight is 434 g/mol. The van der Waals surface area contributed by atoms with Crippen LogP contribution in [0, 0.1) is 6.92 Å². The molecule has 0 spiro atoms. The summed E-state index contributed by atoms with van der Waals surface area (Å²) >= 11 is 0. The van der Waals surface area contributed by atoms with E-state index < -0.39 is 16.1 Å². The molecule has 2 amide bonds. The number of amides is 2. The van der Waals surface area contributed by atoms with Gasteiger partial charge in [0.05, 0.1) is 31.6 Å². The molecule has 2 N–H and O–H groups in total. The molecule has 2 heterocycles. The van der Waals surface area contributed by atoms with E-state index in [2.05, 4.69) is 25.5 Å². The van der Waals surface area contributed by atoms with Crippen LogP contribution >= 0.6 is 0 Å². The zero-order chi connectivity index (χ0) is 21.7. The van der Waals surface area contributed by atoms with Crippen molar-refractivity contribution in [3.63, 3.8) is 0 Å². The SMILES string of the molecule is COc1cc(OC)nc(NC(=O)NS(=O)(=O)c2ccccc2Cc2nnc(C)o2)n1. The number of carbonyl (C=O) groups is 1. The molecule has 0 atom stereocenters. The van der Waals surface area contributed by atoms with Crippen molar-refractivity contribution in [1.29, 1.82) is 0 Å². The molecule has 0 fully saturated rings. The first kappa shape index (κ1) is 21.0. The van der Waals surface area contributed by atoms with Crippen molar-refractivity contribution in [2.75, 3.05) is 19.5 Å². The van der Waals surface area contributed by atoms with Gasteiger partial charge in [-0.15, -0.1) is 10.2 Å². The molecule has 2 aromatic heterocycles. The first-order valence-electron chi connectivity index (χ1n) is 8.48. The van der Waals surface area contributed by atoms with Crippen molar-refractivity contribution >= 4 is 22.0 Å². The standard InChI is InChI=1S/C17H18N6O6S/c1-10-21-22-15(29-10)8-11-6-4-5-7-12(11)30(25,26)23-17(24)20-16-18-13(27-2)9-14(19-16)28-3/h4-7,9H,8H2,1-3H3,(H2,18,19,20,23,24). The van der Waals surface area contributed by atoms with Crippen molar-refractivity contribution in [1.82, 2.24) is 24.9 Å². The lowest BCUT2D eigenvalue weighted by atomic mass is 10.1. The Balaban J connectivity index is 1.79. The van der Waals surface area contributed by atoms with Gasteiger partial charge in [0, 0.05) is 6.92 Å². The minimum Gasteiger partial charge on any atom is -0.481 e. The lowest BCUT2D eigenvalue weighted by molar-refractivity contribution is 0.256. The van der Waals surface area contributed by atoms with Crippen LogP contribution in [0.4, 0.5) is 10.7 Å². The maximum Gasteiger partial charge on any atom is 0.335 e. The first-order chi connectivity index (χ1) is 14.3. The summed E-state index contributed by atoms with van der Waals surface area (Å²) in [4.78, 5) is 20.0. The molecule has 3 aromatic rings. The van der Waals surface area contributed by atoms with E-state index in [1.807, 2.05) is 4.72 Å². The molecule has 30 heavy (non-hydrogen) atoms. The molecule has 13 heteroatoms. The van der Waals surface area contributed by atoms with Gasteiger partial charge in [-0.1, -0.05) is 18.2 Å². The second kappa shape index (κ2) is 8.73. The number of hydrogen-bond acceptors (Lipinski definition) is 10. The highest BCUT2D eigenvalue weighted by molar-refractivity contribution is 7.90. The summed E-state index contributed by atoms with van der Waals surface area (Å²) in [5.74, 6) is 0.655. The lowest BCUT2D eigenvalue weighted by Crippen LogP contribution is -2.35. The highest BCUT2D eigenvalue weighted by Crippen LogP contribution is 2.20. The number of benzene rings is 1.